The van der Waals surface area contributed by atoms with Crippen molar-refractivity contribution in [2.75, 3.05) is 6.54 Å². The predicted octanol–water partition coefficient (Wildman–Crippen LogP) is 2.56. The lowest BCUT2D eigenvalue weighted by Crippen LogP contribution is -2.40. The van der Waals surface area contributed by atoms with Crippen LogP contribution in [0.1, 0.15) is 57.0 Å². The summed E-state index contributed by atoms with van der Waals surface area (Å²) in [6, 6.07) is 6.98. The quantitative estimate of drug-likeness (QED) is 0.873. The molecule has 7 heteroatoms. The van der Waals surface area contributed by atoms with Gasteiger partial charge in [0.2, 0.25) is 5.91 Å². The molecule has 0 radical (unpaired) electrons. The average Bonchev–Trinajstić information content (AvgIpc) is 3.23. The maximum absolute atomic E-state index is 14.3. The number of amides is 1. The molecule has 1 N–H and O–H groups in total. The van der Waals surface area contributed by atoms with E-state index in [4.69, 9.17) is 0 Å². The molecule has 6 nitrogen and oxygen atoms in total. The second-order valence-corrected chi connectivity index (χ2v) is 7.04. The molecule has 0 spiro atoms. The van der Waals surface area contributed by atoms with Crippen molar-refractivity contribution < 1.29 is 9.18 Å². The van der Waals surface area contributed by atoms with E-state index in [-0.39, 0.29) is 29.6 Å². The molecule has 1 aromatic carbocycles. The molecule has 0 aliphatic heterocycles. The van der Waals surface area contributed by atoms with Gasteiger partial charge in [0.15, 0.2) is 5.82 Å². The molecule has 2 aromatic rings. The third kappa shape index (κ3) is 3.86. The SMILES string of the molecule is CC(C)n1nnc(CC(=O)NCC2(c3ccccc3F)CCCC2)n1. The summed E-state index contributed by atoms with van der Waals surface area (Å²) in [5.74, 6) is 0.0451. The van der Waals surface area contributed by atoms with Gasteiger partial charge in [0.25, 0.3) is 0 Å². The van der Waals surface area contributed by atoms with Crippen LogP contribution in [0.2, 0.25) is 0 Å². The molecule has 1 heterocycles. The highest BCUT2D eigenvalue weighted by Gasteiger charge is 2.37. The van der Waals surface area contributed by atoms with Gasteiger partial charge in [-0.05, 0) is 43.5 Å². The van der Waals surface area contributed by atoms with Gasteiger partial charge in [0.1, 0.15) is 5.82 Å². The van der Waals surface area contributed by atoms with Crippen LogP contribution in [0.4, 0.5) is 4.39 Å². The lowest BCUT2D eigenvalue weighted by atomic mass is 9.78. The van der Waals surface area contributed by atoms with Gasteiger partial charge in [-0.25, -0.2) is 4.39 Å². The molecule has 0 atom stereocenters. The maximum Gasteiger partial charge on any atom is 0.227 e. The van der Waals surface area contributed by atoms with Gasteiger partial charge in [-0.3, -0.25) is 4.79 Å². The van der Waals surface area contributed by atoms with Crippen LogP contribution in [-0.2, 0) is 16.6 Å². The number of hydrogen-bond donors (Lipinski definition) is 1. The summed E-state index contributed by atoms with van der Waals surface area (Å²) < 4.78 is 14.3. The maximum atomic E-state index is 14.3. The summed E-state index contributed by atoms with van der Waals surface area (Å²) in [6.07, 6.45) is 3.95. The molecule has 1 aliphatic carbocycles. The Balaban J connectivity index is 1.65. The van der Waals surface area contributed by atoms with Crippen LogP contribution in [0, 0.1) is 5.82 Å². The Morgan fingerprint density at radius 3 is 2.68 bits per heavy atom. The van der Waals surface area contributed by atoms with Crippen LogP contribution in [0.15, 0.2) is 24.3 Å². The van der Waals surface area contributed by atoms with Gasteiger partial charge < -0.3 is 5.32 Å². The molecule has 25 heavy (non-hydrogen) atoms. The molecular formula is C18H24FN5O. The van der Waals surface area contributed by atoms with E-state index in [1.165, 1.54) is 10.9 Å². The number of tetrazole rings is 1. The molecule has 1 fully saturated rings. The van der Waals surface area contributed by atoms with Crippen LogP contribution in [-0.4, -0.2) is 32.7 Å². The predicted molar refractivity (Wildman–Crippen MR) is 91.5 cm³/mol. The van der Waals surface area contributed by atoms with Crippen molar-refractivity contribution in [1.29, 1.82) is 0 Å². The lowest BCUT2D eigenvalue weighted by Gasteiger charge is -2.30. The number of hydrogen-bond acceptors (Lipinski definition) is 4. The molecule has 1 amide bonds. The highest BCUT2D eigenvalue weighted by molar-refractivity contribution is 5.77. The Kier molecular flexibility index (Phi) is 5.11. The fourth-order valence-corrected chi connectivity index (χ4v) is 3.50. The monoisotopic (exact) mass is 345 g/mol. The first-order valence-corrected chi connectivity index (χ1v) is 8.80. The van der Waals surface area contributed by atoms with Gasteiger partial charge in [0.05, 0.1) is 12.5 Å². The standard InChI is InChI=1S/C18H24FN5O/c1-13(2)24-22-16(21-23-24)11-17(25)20-12-18(9-5-6-10-18)14-7-3-4-8-15(14)19/h3-4,7-8,13H,5-6,9-12H2,1-2H3,(H,20,25). The minimum Gasteiger partial charge on any atom is -0.355 e. The molecular weight excluding hydrogens is 321 g/mol. The fourth-order valence-electron chi connectivity index (χ4n) is 3.50. The van der Waals surface area contributed by atoms with Gasteiger partial charge in [0, 0.05) is 12.0 Å². The molecule has 0 bridgehead atoms. The zero-order chi connectivity index (χ0) is 17.9. The van der Waals surface area contributed by atoms with Crippen molar-refractivity contribution in [2.24, 2.45) is 0 Å². The largest absolute Gasteiger partial charge is 0.355 e. The molecule has 1 aromatic heterocycles. The first kappa shape index (κ1) is 17.5. The lowest BCUT2D eigenvalue weighted by molar-refractivity contribution is -0.120. The van der Waals surface area contributed by atoms with Crippen LogP contribution in [0.5, 0.6) is 0 Å². The molecule has 134 valence electrons. The van der Waals surface area contributed by atoms with E-state index in [2.05, 4.69) is 20.7 Å². The highest BCUT2D eigenvalue weighted by atomic mass is 19.1. The van der Waals surface area contributed by atoms with Crippen LogP contribution in [0.3, 0.4) is 0 Å². The Labute approximate surface area is 146 Å². The third-order valence-corrected chi connectivity index (χ3v) is 4.88. The Bertz CT molecular complexity index is 737. The number of carbonyl (C=O) groups excluding carboxylic acids is 1. The summed E-state index contributed by atoms with van der Waals surface area (Å²) >= 11 is 0. The van der Waals surface area contributed by atoms with Gasteiger partial charge in [-0.2, -0.15) is 4.80 Å². The Morgan fingerprint density at radius 2 is 2.04 bits per heavy atom. The van der Waals surface area contributed by atoms with Crippen LogP contribution < -0.4 is 5.32 Å². The van der Waals surface area contributed by atoms with Crippen molar-refractivity contribution in [3.8, 4) is 0 Å². The van der Waals surface area contributed by atoms with E-state index >= 15 is 0 Å². The molecule has 0 unspecified atom stereocenters. The number of aromatic nitrogens is 4. The summed E-state index contributed by atoms with van der Waals surface area (Å²) in [5, 5.41) is 15.0. The van der Waals surface area contributed by atoms with Gasteiger partial charge in [-0.15, -0.1) is 10.2 Å². The summed E-state index contributed by atoms with van der Waals surface area (Å²) in [7, 11) is 0. The highest BCUT2D eigenvalue weighted by Crippen LogP contribution is 2.41. The fraction of sp³-hybridized carbons (Fsp3) is 0.556. The van der Waals surface area contributed by atoms with Crippen molar-refractivity contribution in [3.63, 3.8) is 0 Å². The number of benzene rings is 1. The Morgan fingerprint density at radius 1 is 1.32 bits per heavy atom. The van der Waals surface area contributed by atoms with Crippen molar-refractivity contribution in [3.05, 3.63) is 41.5 Å². The zero-order valence-electron chi connectivity index (χ0n) is 14.7. The van der Waals surface area contributed by atoms with Crippen LogP contribution >= 0.6 is 0 Å². The molecule has 1 aliphatic rings. The summed E-state index contributed by atoms with van der Waals surface area (Å²) in [6.45, 7) is 4.33. The average molecular weight is 345 g/mol. The van der Waals surface area contributed by atoms with Crippen molar-refractivity contribution >= 4 is 5.91 Å². The number of nitrogens with zero attached hydrogens (tertiary/aromatic N) is 4. The smallest absolute Gasteiger partial charge is 0.227 e. The first-order chi connectivity index (χ1) is 12.0. The van der Waals surface area contributed by atoms with Gasteiger partial charge >= 0.3 is 0 Å². The van der Waals surface area contributed by atoms with Crippen LogP contribution in [0.25, 0.3) is 0 Å². The molecule has 0 saturated heterocycles. The minimum atomic E-state index is -0.316. The van der Waals surface area contributed by atoms with E-state index in [0.717, 1.165) is 25.7 Å². The summed E-state index contributed by atoms with van der Waals surface area (Å²) in [4.78, 5) is 13.8. The number of carbonyl (C=O) groups is 1. The van der Waals surface area contributed by atoms with E-state index in [1.54, 1.807) is 6.07 Å². The second-order valence-electron chi connectivity index (χ2n) is 7.04. The van der Waals surface area contributed by atoms with Crippen molar-refractivity contribution in [2.45, 2.75) is 57.4 Å². The zero-order valence-corrected chi connectivity index (χ0v) is 14.7. The van der Waals surface area contributed by atoms with E-state index in [1.807, 2.05) is 26.0 Å². The van der Waals surface area contributed by atoms with Gasteiger partial charge in [-0.1, -0.05) is 31.0 Å². The van der Waals surface area contributed by atoms with Crippen molar-refractivity contribution in [1.82, 2.24) is 25.5 Å². The number of rotatable bonds is 6. The Hall–Kier alpha value is -2.31. The molecule has 3 rings (SSSR count). The summed E-state index contributed by atoms with van der Waals surface area (Å²) in [5.41, 5.74) is 0.390. The van der Waals surface area contributed by atoms with E-state index in [0.29, 0.717) is 17.9 Å². The number of halogens is 1. The minimum absolute atomic E-state index is 0.0834. The first-order valence-electron chi connectivity index (χ1n) is 8.80. The van der Waals surface area contributed by atoms with E-state index in [9.17, 15) is 9.18 Å². The normalized spacial score (nSPS) is 16.3. The third-order valence-electron chi connectivity index (χ3n) is 4.88. The molecule has 1 saturated carbocycles. The topological polar surface area (TPSA) is 72.7 Å². The number of nitrogens with one attached hydrogen (secondary N) is 1. The second kappa shape index (κ2) is 7.29. The van der Waals surface area contributed by atoms with E-state index < -0.39 is 0 Å².